The standard InChI is InChI=1S/C9H16BO4/c1-8(2,3)9(4,5)14-7(13)10-6(11)12/h1-5H3,(H,11,12). The van der Waals surface area contributed by atoms with Gasteiger partial charge in [0.15, 0.2) is 0 Å². The number of ether oxygens (including phenoxy) is 1. The molecule has 0 saturated heterocycles. The average molecular weight is 199 g/mol. The van der Waals surface area contributed by atoms with Crippen LogP contribution in [0.25, 0.3) is 0 Å². The molecule has 1 radical (unpaired) electrons. The van der Waals surface area contributed by atoms with Gasteiger partial charge in [-0.05, 0) is 13.8 Å². The Morgan fingerprint density at radius 1 is 1.14 bits per heavy atom. The molecule has 0 aliphatic heterocycles. The van der Waals surface area contributed by atoms with Crippen LogP contribution in [0, 0.1) is 5.41 Å². The van der Waals surface area contributed by atoms with E-state index < -0.39 is 17.3 Å². The smallest absolute Gasteiger partial charge is 0.405 e. The monoisotopic (exact) mass is 199 g/mol. The van der Waals surface area contributed by atoms with Gasteiger partial charge in [0.2, 0.25) is 0 Å². The highest BCUT2D eigenvalue weighted by Gasteiger charge is 2.37. The van der Waals surface area contributed by atoms with Crippen molar-refractivity contribution < 1.29 is 19.4 Å². The molecule has 5 heteroatoms. The van der Waals surface area contributed by atoms with Gasteiger partial charge in [0.1, 0.15) is 5.60 Å². The minimum atomic E-state index is -1.29. The molecule has 79 valence electrons. The molecule has 1 N–H and O–H groups in total. The lowest BCUT2D eigenvalue weighted by atomic mass is 9.76. The second-order valence-electron chi connectivity index (χ2n) is 4.66. The first-order valence-electron chi connectivity index (χ1n) is 4.37. The summed E-state index contributed by atoms with van der Waals surface area (Å²) in [7, 11) is 0.521. The first-order chi connectivity index (χ1) is 6.06. The zero-order chi connectivity index (χ0) is 11.6. The molecule has 0 aromatic rings. The Labute approximate surface area is 84.9 Å². The Morgan fingerprint density at radius 3 is 1.86 bits per heavy atom. The zero-order valence-electron chi connectivity index (χ0n) is 9.25. The van der Waals surface area contributed by atoms with Crippen LogP contribution in [0.2, 0.25) is 0 Å². The molecule has 0 aliphatic carbocycles. The maximum absolute atomic E-state index is 11.1. The molecule has 0 aromatic carbocycles. The molecule has 0 amide bonds. The van der Waals surface area contributed by atoms with Gasteiger partial charge in [0.25, 0.3) is 11.7 Å². The van der Waals surface area contributed by atoms with E-state index in [0.29, 0.717) is 7.28 Å². The maximum Gasteiger partial charge on any atom is 0.405 e. The molecule has 0 aromatic heterocycles. The van der Waals surface area contributed by atoms with E-state index in [1.54, 1.807) is 13.8 Å². The molecule has 4 nitrogen and oxygen atoms in total. The Bertz CT molecular complexity index is 240. The fourth-order valence-corrected chi connectivity index (χ4v) is 0.535. The normalized spacial score (nSPS) is 12.1. The average Bonchev–Trinajstić information content (AvgIpc) is 1.79. The molecule has 0 unspecified atom stereocenters. The Kier molecular flexibility index (Phi) is 3.74. The first kappa shape index (κ1) is 13.0. The SMILES string of the molecule is CC(C)(C)C(C)(C)OC(=O)[B]C(=O)O. The minimum Gasteiger partial charge on any atom is -0.489 e. The molecule has 0 rings (SSSR count). The summed E-state index contributed by atoms with van der Waals surface area (Å²) >= 11 is 0. The maximum atomic E-state index is 11.1. The van der Waals surface area contributed by atoms with E-state index in [4.69, 9.17) is 9.84 Å². The summed E-state index contributed by atoms with van der Waals surface area (Å²) in [4.78, 5) is 21.2. The molecule has 0 atom stereocenters. The van der Waals surface area contributed by atoms with Crippen molar-refractivity contribution in [2.24, 2.45) is 5.41 Å². The number of carbonyl (C=O) groups is 2. The van der Waals surface area contributed by atoms with Crippen LogP contribution in [0.5, 0.6) is 0 Å². The number of rotatable bonds is 3. The summed E-state index contributed by atoms with van der Waals surface area (Å²) in [5, 5.41) is 8.33. The highest BCUT2D eigenvalue weighted by molar-refractivity contribution is 6.94. The van der Waals surface area contributed by atoms with Crippen molar-refractivity contribution in [3.63, 3.8) is 0 Å². The molecule has 0 aliphatic rings. The molecule has 14 heavy (non-hydrogen) atoms. The number of carbonyl (C=O) groups excluding carboxylic acids is 1. The van der Waals surface area contributed by atoms with Crippen molar-refractivity contribution in [3.05, 3.63) is 0 Å². The van der Waals surface area contributed by atoms with Gasteiger partial charge in [-0.2, -0.15) is 0 Å². The molecular weight excluding hydrogens is 183 g/mol. The van der Waals surface area contributed by atoms with E-state index in [-0.39, 0.29) is 5.41 Å². The highest BCUT2D eigenvalue weighted by Crippen LogP contribution is 2.32. The van der Waals surface area contributed by atoms with Crippen molar-refractivity contribution in [3.8, 4) is 0 Å². The lowest BCUT2D eigenvalue weighted by molar-refractivity contribution is -0.0283. The van der Waals surface area contributed by atoms with E-state index in [1.165, 1.54) is 0 Å². The predicted molar refractivity (Wildman–Crippen MR) is 53.8 cm³/mol. The van der Waals surface area contributed by atoms with Crippen LogP contribution in [0.15, 0.2) is 0 Å². The van der Waals surface area contributed by atoms with Crippen molar-refractivity contribution in [1.82, 2.24) is 0 Å². The summed E-state index contributed by atoms with van der Waals surface area (Å²) < 4.78 is 5.04. The zero-order valence-corrected chi connectivity index (χ0v) is 9.25. The summed E-state index contributed by atoms with van der Waals surface area (Å²) in [6, 6.07) is 0. The van der Waals surface area contributed by atoms with Crippen molar-refractivity contribution in [2.75, 3.05) is 0 Å². The van der Waals surface area contributed by atoms with E-state index >= 15 is 0 Å². The summed E-state index contributed by atoms with van der Waals surface area (Å²) in [5.74, 6) is -2.11. The largest absolute Gasteiger partial charge is 0.489 e. The molecular formula is C9H16BO4. The Morgan fingerprint density at radius 2 is 1.57 bits per heavy atom. The van der Waals surface area contributed by atoms with Crippen LogP contribution in [0.4, 0.5) is 9.59 Å². The third-order valence-electron chi connectivity index (χ3n) is 2.40. The van der Waals surface area contributed by atoms with E-state index in [9.17, 15) is 9.59 Å². The van der Waals surface area contributed by atoms with Crippen molar-refractivity contribution in [2.45, 2.75) is 40.2 Å². The lowest BCUT2D eigenvalue weighted by Gasteiger charge is -2.38. The summed E-state index contributed by atoms with van der Waals surface area (Å²) in [6.07, 6.45) is 0. The minimum absolute atomic E-state index is 0.241. The summed E-state index contributed by atoms with van der Waals surface area (Å²) in [5.41, 5.74) is -0.939. The van der Waals surface area contributed by atoms with Crippen molar-refractivity contribution in [1.29, 1.82) is 0 Å². The second kappa shape index (κ2) is 4.03. The van der Waals surface area contributed by atoms with Crippen LogP contribution in [0.3, 0.4) is 0 Å². The molecule has 0 fully saturated rings. The number of carboxylic acid groups (broad SMARTS) is 1. The third-order valence-corrected chi connectivity index (χ3v) is 2.40. The van der Waals surface area contributed by atoms with Crippen molar-refractivity contribution >= 4 is 19.0 Å². The summed E-state index contributed by atoms with van der Waals surface area (Å²) in [6.45, 7) is 9.25. The van der Waals surface area contributed by atoms with E-state index in [2.05, 4.69) is 0 Å². The molecule has 0 heterocycles. The van der Waals surface area contributed by atoms with Gasteiger partial charge in [-0.15, -0.1) is 0 Å². The fraction of sp³-hybridized carbons (Fsp3) is 0.778. The predicted octanol–water partition coefficient (Wildman–Crippen LogP) is 2.33. The van der Waals surface area contributed by atoms with Crippen LogP contribution in [-0.4, -0.2) is 29.7 Å². The van der Waals surface area contributed by atoms with Gasteiger partial charge < -0.3 is 9.84 Å². The van der Waals surface area contributed by atoms with Crippen LogP contribution in [-0.2, 0) is 4.74 Å². The first-order valence-corrected chi connectivity index (χ1v) is 4.37. The lowest BCUT2D eigenvalue weighted by Crippen LogP contribution is -2.42. The van der Waals surface area contributed by atoms with Gasteiger partial charge in [-0.25, -0.2) is 0 Å². The molecule has 0 saturated carbocycles. The Balaban J connectivity index is 4.37. The van der Waals surface area contributed by atoms with Crippen LogP contribution in [0.1, 0.15) is 34.6 Å². The van der Waals surface area contributed by atoms with Crippen LogP contribution >= 0.6 is 0 Å². The topological polar surface area (TPSA) is 63.6 Å². The second-order valence-corrected chi connectivity index (χ2v) is 4.66. The van der Waals surface area contributed by atoms with E-state index in [1.807, 2.05) is 20.8 Å². The number of hydrogen-bond acceptors (Lipinski definition) is 3. The molecule has 0 spiro atoms. The van der Waals surface area contributed by atoms with Crippen LogP contribution < -0.4 is 0 Å². The van der Waals surface area contributed by atoms with Gasteiger partial charge >= 0.3 is 7.28 Å². The third kappa shape index (κ3) is 3.81. The van der Waals surface area contributed by atoms with Gasteiger partial charge in [-0.3, -0.25) is 9.59 Å². The quantitative estimate of drug-likeness (QED) is 0.708. The van der Waals surface area contributed by atoms with E-state index in [0.717, 1.165) is 0 Å². The van der Waals surface area contributed by atoms with Gasteiger partial charge in [0, 0.05) is 5.41 Å². The van der Waals surface area contributed by atoms with Gasteiger partial charge in [0.05, 0.1) is 0 Å². The Hall–Kier alpha value is -0.995. The highest BCUT2D eigenvalue weighted by atomic mass is 16.6. The molecule has 0 bridgehead atoms. The number of hydrogen-bond donors (Lipinski definition) is 1. The fourth-order valence-electron chi connectivity index (χ4n) is 0.535. The van der Waals surface area contributed by atoms with Gasteiger partial charge in [-0.1, -0.05) is 20.8 Å².